The number of likely N-dealkylation sites (N-methyl/N-ethyl adjacent to an activating group) is 1. The van der Waals surface area contributed by atoms with Crippen molar-refractivity contribution in [1.82, 2.24) is 14.2 Å². The number of anilines is 1. The summed E-state index contributed by atoms with van der Waals surface area (Å²) in [5.41, 5.74) is 0.719. The van der Waals surface area contributed by atoms with Crippen LogP contribution >= 0.6 is 0 Å². The Morgan fingerprint density at radius 3 is 2.85 bits per heavy atom. The Morgan fingerprint density at radius 1 is 1.42 bits per heavy atom. The van der Waals surface area contributed by atoms with Gasteiger partial charge in [-0.1, -0.05) is 17.3 Å². The molecule has 1 amide bonds. The first-order valence-corrected chi connectivity index (χ1v) is 9.37. The minimum Gasteiger partial charge on any atom is -0.497 e. The molecule has 1 aliphatic rings. The Morgan fingerprint density at radius 2 is 2.19 bits per heavy atom. The molecule has 9 nitrogen and oxygen atoms in total. The van der Waals surface area contributed by atoms with E-state index < -0.39 is 28.2 Å². The highest BCUT2D eigenvalue weighted by Crippen LogP contribution is 2.30. The molecule has 0 aliphatic carbocycles. The highest BCUT2D eigenvalue weighted by atomic mass is 32.2. The molecule has 1 fully saturated rings. The van der Waals surface area contributed by atoms with E-state index in [-0.39, 0.29) is 12.2 Å². The largest absolute Gasteiger partial charge is 0.497 e. The number of carbonyl (C=O) groups is 1. The van der Waals surface area contributed by atoms with Crippen LogP contribution in [0.2, 0.25) is 0 Å². The van der Waals surface area contributed by atoms with Gasteiger partial charge in [-0.2, -0.15) is 17.4 Å². The van der Waals surface area contributed by atoms with E-state index in [1.807, 2.05) is 0 Å². The monoisotopic (exact) mass is 380 g/mol. The van der Waals surface area contributed by atoms with Crippen LogP contribution in [0.4, 0.5) is 5.82 Å². The zero-order valence-electron chi connectivity index (χ0n) is 14.6. The first-order chi connectivity index (χ1) is 12.3. The van der Waals surface area contributed by atoms with Crippen molar-refractivity contribution in [3.8, 4) is 5.75 Å². The van der Waals surface area contributed by atoms with E-state index in [1.54, 1.807) is 37.3 Å². The molecular weight excluding hydrogens is 360 g/mol. The number of nitrogens with one attached hydrogen (secondary N) is 2. The molecule has 1 saturated heterocycles. The van der Waals surface area contributed by atoms with Crippen molar-refractivity contribution in [2.45, 2.75) is 25.4 Å². The van der Waals surface area contributed by atoms with Gasteiger partial charge in [0.15, 0.2) is 5.82 Å². The summed E-state index contributed by atoms with van der Waals surface area (Å²) >= 11 is 0. The number of aryl methyl sites for hydroxylation is 1. The summed E-state index contributed by atoms with van der Waals surface area (Å²) in [4.78, 5) is 12.6. The van der Waals surface area contributed by atoms with Gasteiger partial charge in [0.25, 0.3) is 10.2 Å². The van der Waals surface area contributed by atoms with Crippen molar-refractivity contribution < 1.29 is 22.5 Å². The number of methoxy groups -OCH3 is 1. The minimum absolute atomic E-state index is 0.245. The predicted octanol–water partition coefficient (Wildman–Crippen LogP) is 1.21. The molecule has 1 aromatic heterocycles. The highest BCUT2D eigenvalue weighted by molar-refractivity contribution is 7.87. The van der Waals surface area contributed by atoms with E-state index in [2.05, 4.69) is 15.2 Å². The van der Waals surface area contributed by atoms with Gasteiger partial charge in [0.1, 0.15) is 17.6 Å². The molecule has 0 unspecified atom stereocenters. The number of benzene rings is 1. The van der Waals surface area contributed by atoms with Gasteiger partial charge in [-0.05, 0) is 31.0 Å². The van der Waals surface area contributed by atoms with Crippen LogP contribution in [-0.2, 0) is 15.0 Å². The lowest BCUT2D eigenvalue weighted by Crippen LogP contribution is -2.55. The molecule has 0 bridgehead atoms. The highest BCUT2D eigenvalue weighted by Gasteiger charge is 2.40. The molecule has 140 valence electrons. The summed E-state index contributed by atoms with van der Waals surface area (Å²) in [7, 11) is -0.922. The van der Waals surface area contributed by atoms with Crippen molar-refractivity contribution in [1.29, 1.82) is 0 Å². The molecule has 2 heterocycles. The van der Waals surface area contributed by atoms with Crippen molar-refractivity contribution in [3.63, 3.8) is 0 Å². The maximum atomic E-state index is 12.6. The van der Waals surface area contributed by atoms with E-state index >= 15 is 0 Å². The second-order valence-corrected chi connectivity index (χ2v) is 7.79. The number of amides is 1. The van der Waals surface area contributed by atoms with Crippen LogP contribution in [0.3, 0.4) is 0 Å². The molecule has 10 heteroatoms. The molecule has 2 atom stereocenters. The molecule has 26 heavy (non-hydrogen) atoms. The number of hydrogen-bond donors (Lipinski definition) is 2. The fourth-order valence-electron chi connectivity index (χ4n) is 2.82. The van der Waals surface area contributed by atoms with Gasteiger partial charge in [-0.25, -0.2) is 0 Å². The fraction of sp³-hybridized carbons (Fsp3) is 0.375. The Labute approximate surface area is 151 Å². The summed E-state index contributed by atoms with van der Waals surface area (Å²) in [5.74, 6) is 0.925. The standard InChI is InChI=1S/C16H20N4O5S/c1-10-7-15(18-25-10)17-16(21)14-9-13(19-26(22,23)20(14)2)11-5-4-6-12(8-11)24-3/h4-8,13-14,19H,9H2,1-3H3,(H,17,18,21)/t13-,14+/m0/s1. The number of nitrogens with zero attached hydrogens (tertiary/aromatic N) is 2. The Bertz CT molecular complexity index is 911. The first kappa shape index (κ1) is 18.4. The molecule has 0 spiro atoms. The lowest BCUT2D eigenvalue weighted by Gasteiger charge is -2.36. The second kappa shape index (κ2) is 7.06. The average molecular weight is 380 g/mol. The van der Waals surface area contributed by atoms with Gasteiger partial charge in [0.05, 0.1) is 13.2 Å². The molecule has 2 N–H and O–H groups in total. The lowest BCUT2D eigenvalue weighted by molar-refractivity contribution is -0.120. The van der Waals surface area contributed by atoms with Crippen LogP contribution < -0.4 is 14.8 Å². The van der Waals surface area contributed by atoms with Gasteiger partial charge in [0, 0.05) is 13.1 Å². The van der Waals surface area contributed by atoms with Crippen LogP contribution in [0.15, 0.2) is 34.9 Å². The van der Waals surface area contributed by atoms with Crippen LogP contribution in [-0.4, -0.2) is 44.0 Å². The first-order valence-electron chi connectivity index (χ1n) is 7.93. The molecule has 0 radical (unpaired) electrons. The molecule has 1 aromatic carbocycles. The van der Waals surface area contributed by atoms with E-state index in [0.717, 1.165) is 9.87 Å². The SMILES string of the molecule is COc1cccc([C@@H]2C[C@H](C(=O)Nc3cc(C)on3)N(C)S(=O)(=O)N2)c1. The van der Waals surface area contributed by atoms with Crippen LogP contribution in [0.1, 0.15) is 23.8 Å². The van der Waals surface area contributed by atoms with Gasteiger partial charge in [-0.15, -0.1) is 0 Å². The summed E-state index contributed by atoms with van der Waals surface area (Å²) in [6, 6.07) is 7.19. The van der Waals surface area contributed by atoms with Crippen LogP contribution in [0.25, 0.3) is 0 Å². The summed E-state index contributed by atoms with van der Waals surface area (Å²) in [5, 5.41) is 6.30. The average Bonchev–Trinajstić information content (AvgIpc) is 3.01. The summed E-state index contributed by atoms with van der Waals surface area (Å²) in [6.45, 7) is 1.70. The van der Waals surface area contributed by atoms with E-state index in [4.69, 9.17) is 9.26 Å². The van der Waals surface area contributed by atoms with E-state index in [0.29, 0.717) is 11.5 Å². The van der Waals surface area contributed by atoms with E-state index in [9.17, 15) is 13.2 Å². The smallest absolute Gasteiger partial charge is 0.280 e. The van der Waals surface area contributed by atoms with Crippen molar-refractivity contribution in [2.75, 3.05) is 19.5 Å². The Hall–Kier alpha value is -2.43. The molecule has 3 rings (SSSR count). The third-order valence-corrected chi connectivity index (χ3v) is 5.84. The second-order valence-electron chi connectivity index (χ2n) is 6.03. The van der Waals surface area contributed by atoms with Gasteiger partial charge in [-0.3, -0.25) is 4.79 Å². The third kappa shape index (κ3) is 3.71. The normalized spacial score (nSPS) is 22.7. The quantitative estimate of drug-likeness (QED) is 0.824. The van der Waals surface area contributed by atoms with Gasteiger partial charge in [0.2, 0.25) is 5.91 Å². The van der Waals surface area contributed by atoms with Crippen molar-refractivity contribution >= 4 is 21.9 Å². The number of hydrogen-bond acceptors (Lipinski definition) is 6. The Balaban J connectivity index is 1.85. The third-order valence-electron chi connectivity index (χ3n) is 4.25. The van der Waals surface area contributed by atoms with Crippen molar-refractivity contribution in [2.24, 2.45) is 0 Å². The zero-order chi connectivity index (χ0) is 18.9. The van der Waals surface area contributed by atoms with E-state index in [1.165, 1.54) is 14.2 Å². The molecular formula is C16H20N4O5S. The lowest BCUT2D eigenvalue weighted by atomic mass is 9.99. The topological polar surface area (TPSA) is 114 Å². The van der Waals surface area contributed by atoms with Crippen LogP contribution in [0, 0.1) is 6.92 Å². The predicted molar refractivity (Wildman–Crippen MR) is 93.8 cm³/mol. The van der Waals surface area contributed by atoms with Gasteiger partial charge >= 0.3 is 0 Å². The Kier molecular flexibility index (Phi) is 4.99. The molecule has 2 aromatic rings. The fourth-order valence-corrected chi connectivity index (χ4v) is 4.09. The number of ether oxygens (including phenoxy) is 1. The van der Waals surface area contributed by atoms with Crippen molar-refractivity contribution in [3.05, 3.63) is 41.7 Å². The molecule has 1 aliphatic heterocycles. The number of aromatic nitrogens is 1. The zero-order valence-corrected chi connectivity index (χ0v) is 15.4. The van der Waals surface area contributed by atoms with Gasteiger partial charge < -0.3 is 14.6 Å². The van der Waals surface area contributed by atoms with Crippen LogP contribution in [0.5, 0.6) is 5.75 Å². The summed E-state index contributed by atoms with van der Waals surface area (Å²) in [6.07, 6.45) is 0.256. The minimum atomic E-state index is -3.82. The maximum absolute atomic E-state index is 12.6. The molecule has 0 saturated carbocycles. The maximum Gasteiger partial charge on any atom is 0.280 e. The summed E-state index contributed by atoms with van der Waals surface area (Å²) < 4.78 is 38.6. The number of carbonyl (C=O) groups excluding carboxylic acids is 1. The number of rotatable bonds is 4.